The van der Waals surface area contributed by atoms with Gasteiger partial charge in [0.25, 0.3) is 0 Å². The minimum Gasteiger partial charge on any atom is -0.385 e. The molecule has 1 aliphatic rings. The van der Waals surface area contributed by atoms with Gasteiger partial charge in [-0.15, -0.1) is 0 Å². The molecule has 1 aliphatic heterocycles. The summed E-state index contributed by atoms with van der Waals surface area (Å²) in [6.07, 6.45) is 4.74. The zero-order chi connectivity index (χ0) is 14.5. The summed E-state index contributed by atoms with van der Waals surface area (Å²) in [6, 6.07) is 8.63. The predicted molar refractivity (Wildman–Crippen MR) is 84.9 cm³/mol. The summed E-state index contributed by atoms with van der Waals surface area (Å²) in [5.41, 5.74) is 2.43. The molecule has 0 spiro atoms. The summed E-state index contributed by atoms with van der Waals surface area (Å²) in [6.45, 7) is 4.49. The molecular formula is C16H22N4O. The van der Waals surface area contributed by atoms with Gasteiger partial charge in [-0.2, -0.15) is 0 Å². The predicted octanol–water partition coefficient (Wildman–Crippen LogP) is 1.91. The first kappa shape index (κ1) is 13.9. The molecule has 112 valence electrons. The summed E-state index contributed by atoms with van der Waals surface area (Å²) in [7, 11) is 2.03. The highest BCUT2D eigenvalue weighted by molar-refractivity contribution is 5.55. The van der Waals surface area contributed by atoms with Gasteiger partial charge in [0, 0.05) is 56.9 Å². The average Bonchev–Trinajstić information content (AvgIpc) is 2.94. The number of anilines is 2. The highest BCUT2D eigenvalue weighted by Crippen LogP contribution is 2.18. The van der Waals surface area contributed by atoms with Crippen LogP contribution in [-0.2, 0) is 18.2 Å². The molecule has 5 heteroatoms. The maximum Gasteiger partial charge on any atom is 0.110 e. The molecule has 0 radical (unpaired) electrons. The van der Waals surface area contributed by atoms with Crippen LogP contribution in [0.25, 0.3) is 0 Å². The second-order valence-corrected chi connectivity index (χ2v) is 5.28. The van der Waals surface area contributed by atoms with Gasteiger partial charge < -0.3 is 19.5 Å². The van der Waals surface area contributed by atoms with Crippen LogP contribution < -0.4 is 10.2 Å². The summed E-state index contributed by atoms with van der Waals surface area (Å²) < 4.78 is 7.44. The van der Waals surface area contributed by atoms with Crippen molar-refractivity contribution in [2.75, 3.05) is 43.1 Å². The van der Waals surface area contributed by atoms with Gasteiger partial charge >= 0.3 is 0 Å². The third-order valence-corrected chi connectivity index (χ3v) is 3.84. The van der Waals surface area contributed by atoms with Crippen molar-refractivity contribution in [1.82, 2.24) is 9.55 Å². The van der Waals surface area contributed by atoms with Crippen molar-refractivity contribution in [2.45, 2.75) is 6.42 Å². The van der Waals surface area contributed by atoms with Crippen LogP contribution in [0, 0.1) is 0 Å². The number of nitrogens with zero attached hydrogens (tertiary/aromatic N) is 3. The first-order valence-electron chi connectivity index (χ1n) is 7.46. The van der Waals surface area contributed by atoms with Crippen LogP contribution in [0.15, 0.2) is 36.7 Å². The monoisotopic (exact) mass is 286 g/mol. The average molecular weight is 286 g/mol. The third-order valence-electron chi connectivity index (χ3n) is 3.84. The third kappa shape index (κ3) is 3.55. The van der Waals surface area contributed by atoms with E-state index in [9.17, 15) is 0 Å². The van der Waals surface area contributed by atoms with Crippen molar-refractivity contribution in [3.8, 4) is 0 Å². The van der Waals surface area contributed by atoms with Crippen LogP contribution >= 0.6 is 0 Å². The van der Waals surface area contributed by atoms with Gasteiger partial charge in [-0.05, 0) is 24.3 Å². The molecule has 3 rings (SSSR count). The maximum absolute atomic E-state index is 5.38. The van der Waals surface area contributed by atoms with Crippen LogP contribution in [-0.4, -0.2) is 42.4 Å². The van der Waals surface area contributed by atoms with E-state index in [4.69, 9.17) is 4.74 Å². The van der Waals surface area contributed by atoms with Gasteiger partial charge in [0.2, 0.25) is 0 Å². The molecule has 2 heterocycles. The Hall–Kier alpha value is -2.01. The van der Waals surface area contributed by atoms with Gasteiger partial charge in [-0.1, -0.05) is 0 Å². The highest BCUT2D eigenvalue weighted by atomic mass is 16.5. The van der Waals surface area contributed by atoms with Crippen molar-refractivity contribution in [1.29, 1.82) is 0 Å². The van der Waals surface area contributed by atoms with Crippen LogP contribution in [0.3, 0.4) is 0 Å². The molecule has 1 aromatic heterocycles. The van der Waals surface area contributed by atoms with E-state index >= 15 is 0 Å². The van der Waals surface area contributed by atoms with E-state index in [1.165, 1.54) is 5.69 Å². The highest BCUT2D eigenvalue weighted by Gasteiger charge is 2.10. The van der Waals surface area contributed by atoms with E-state index in [0.29, 0.717) is 0 Å². The number of imidazole rings is 1. The number of nitrogens with one attached hydrogen (secondary N) is 1. The van der Waals surface area contributed by atoms with Crippen LogP contribution in [0.4, 0.5) is 11.4 Å². The molecule has 1 aromatic carbocycles. The number of hydrogen-bond acceptors (Lipinski definition) is 4. The smallest absolute Gasteiger partial charge is 0.110 e. The first-order chi connectivity index (χ1) is 10.3. The Balaban J connectivity index is 1.51. The van der Waals surface area contributed by atoms with E-state index in [1.54, 1.807) is 0 Å². The molecule has 0 aliphatic carbocycles. The quantitative estimate of drug-likeness (QED) is 0.912. The maximum atomic E-state index is 5.38. The molecule has 0 amide bonds. The minimum atomic E-state index is 0.823. The fourth-order valence-corrected chi connectivity index (χ4v) is 2.57. The Labute approximate surface area is 125 Å². The van der Waals surface area contributed by atoms with Crippen molar-refractivity contribution in [3.63, 3.8) is 0 Å². The van der Waals surface area contributed by atoms with E-state index in [1.807, 2.05) is 19.4 Å². The normalized spacial score (nSPS) is 15.2. The molecule has 1 fully saturated rings. The molecular weight excluding hydrogens is 264 g/mol. The molecule has 1 N–H and O–H groups in total. The first-order valence-corrected chi connectivity index (χ1v) is 7.46. The summed E-state index contributed by atoms with van der Waals surface area (Å²) in [5.74, 6) is 1.10. The van der Waals surface area contributed by atoms with Crippen LogP contribution in [0.2, 0.25) is 0 Å². The Bertz CT molecular complexity index is 558. The van der Waals surface area contributed by atoms with Gasteiger partial charge in [0.15, 0.2) is 0 Å². The van der Waals surface area contributed by atoms with Gasteiger partial charge in [-0.3, -0.25) is 0 Å². The molecule has 0 bridgehead atoms. The second-order valence-electron chi connectivity index (χ2n) is 5.28. The van der Waals surface area contributed by atoms with Gasteiger partial charge in [-0.25, -0.2) is 4.98 Å². The zero-order valence-corrected chi connectivity index (χ0v) is 12.5. The van der Waals surface area contributed by atoms with Crippen molar-refractivity contribution in [3.05, 3.63) is 42.5 Å². The summed E-state index contributed by atoms with van der Waals surface area (Å²) in [5, 5.41) is 3.44. The van der Waals surface area contributed by atoms with E-state index in [2.05, 4.69) is 44.0 Å². The van der Waals surface area contributed by atoms with Crippen molar-refractivity contribution in [2.24, 2.45) is 7.05 Å². The Morgan fingerprint density at radius 2 is 1.95 bits per heavy atom. The molecule has 21 heavy (non-hydrogen) atoms. The lowest BCUT2D eigenvalue weighted by atomic mass is 10.2. The topological polar surface area (TPSA) is 42.3 Å². The molecule has 5 nitrogen and oxygen atoms in total. The second kappa shape index (κ2) is 6.63. The lowest BCUT2D eigenvalue weighted by Gasteiger charge is -2.28. The Kier molecular flexibility index (Phi) is 4.40. The number of hydrogen-bond donors (Lipinski definition) is 1. The Morgan fingerprint density at radius 3 is 2.62 bits per heavy atom. The minimum absolute atomic E-state index is 0.823. The summed E-state index contributed by atoms with van der Waals surface area (Å²) >= 11 is 0. The molecule has 0 saturated carbocycles. The van der Waals surface area contributed by atoms with Crippen LogP contribution in [0.5, 0.6) is 0 Å². The van der Waals surface area contributed by atoms with Gasteiger partial charge in [0.05, 0.1) is 13.2 Å². The molecule has 0 atom stereocenters. The van der Waals surface area contributed by atoms with E-state index < -0.39 is 0 Å². The number of morpholine rings is 1. The van der Waals surface area contributed by atoms with Crippen molar-refractivity contribution < 1.29 is 4.74 Å². The largest absolute Gasteiger partial charge is 0.385 e. The standard InChI is InChI=1S/C16H22N4O/c1-19-9-8-18-16(19)6-7-17-14-2-4-15(5-3-14)20-10-12-21-13-11-20/h2-5,8-9,17H,6-7,10-13H2,1H3. The number of aromatic nitrogens is 2. The zero-order valence-electron chi connectivity index (χ0n) is 12.5. The number of ether oxygens (including phenoxy) is 1. The number of aryl methyl sites for hydroxylation is 1. The van der Waals surface area contributed by atoms with Crippen molar-refractivity contribution >= 4 is 11.4 Å². The fourth-order valence-electron chi connectivity index (χ4n) is 2.57. The lowest BCUT2D eigenvalue weighted by molar-refractivity contribution is 0.122. The number of benzene rings is 1. The molecule has 2 aromatic rings. The SMILES string of the molecule is Cn1ccnc1CCNc1ccc(N2CCOCC2)cc1. The summed E-state index contributed by atoms with van der Waals surface area (Å²) in [4.78, 5) is 6.69. The van der Waals surface area contributed by atoms with E-state index in [0.717, 1.165) is 50.8 Å². The van der Waals surface area contributed by atoms with Crippen LogP contribution in [0.1, 0.15) is 5.82 Å². The molecule has 0 unspecified atom stereocenters. The number of rotatable bonds is 5. The fraction of sp³-hybridized carbons (Fsp3) is 0.438. The van der Waals surface area contributed by atoms with E-state index in [-0.39, 0.29) is 0 Å². The Morgan fingerprint density at radius 1 is 1.19 bits per heavy atom. The lowest BCUT2D eigenvalue weighted by Crippen LogP contribution is -2.36. The van der Waals surface area contributed by atoms with Gasteiger partial charge in [0.1, 0.15) is 5.82 Å². The molecule has 1 saturated heterocycles.